The van der Waals surface area contributed by atoms with Gasteiger partial charge in [0.2, 0.25) is 0 Å². The average molecular weight is 437 g/mol. The number of nitrogens with zero attached hydrogens (tertiary/aromatic N) is 3. The largest absolute Gasteiger partial charge is 0.447 e. The van der Waals surface area contributed by atoms with E-state index in [0.29, 0.717) is 51.9 Å². The van der Waals surface area contributed by atoms with Crippen LogP contribution < -0.4 is 4.90 Å². The Morgan fingerprint density at radius 3 is 2.29 bits per heavy atom. The second kappa shape index (κ2) is 10.1. The molecule has 0 aliphatic carbocycles. The first-order valence-corrected chi connectivity index (χ1v) is 10.7. The van der Waals surface area contributed by atoms with E-state index in [9.17, 15) is 18.4 Å². The van der Waals surface area contributed by atoms with Gasteiger partial charge in [-0.15, -0.1) is 0 Å². The Kier molecular flexibility index (Phi) is 7.46. The quantitative estimate of drug-likeness (QED) is 0.511. The molecule has 0 atom stereocenters. The van der Waals surface area contributed by atoms with Gasteiger partial charge < -0.3 is 19.4 Å². The van der Waals surface area contributed by atoms with E-state index in [1.807, 2.05) is 13.8 Å². The second-order valence-electron chi connectivity index (χ2n) is 8.21. The molecule has 7 nitrogen and oxygen atoms in total. The van der Waals surface area contributed by atoms with Crippen molar-refractivity contribution in [1.29, 1.82) is 0 Å². The van der Waals surface area contributed by atoms with Gasteiger partial charge in [0.25, 0.3) is 0 Å². The first-order chi connectivity index (χ1) is 14.7. The molecule has 9 heteroatoms. The number of hydrogen-bond acceptors (Lipinski definition) is 6. The minimum atomic E-state index is -0.713. The van der Waals surface area contributed by atoms with Crippen LogP contribution in [-0.4, -0.2) is 60.9 Å². The summed E-state index contributed by atoms with van der Waals surface area (Å²) >= 11 is 0. The molecule has 2 fully saturated rings. The molecule has 170 valence electrons. The first-order valence-electron chi connectivity index (χ1n) is 10.7. The molecule has 0 aromatic heterocycles. The summed E-state index contributed by atoms with van der Waals surface area (Å²) in [6, 6.07) is 2.05. The van der Waals surface area contributed by atoms with Crippen molar-refractivity contribution in [2.75, 3.05) is 31.1 Å². The third kappa shape index (κ3) is 5.92. The second-order valence-corrected chi connectivity index (χ2v) is 8.21. The Morgan fingerprint density at radius 1 is 1.06 bits per heavy atom. The van der Waals surface area contributed by atoms with Gasteiger partial charge in [0.15, 0.2) is 5.78 Å². The molecule has 1 aromatic rings. The van der Waals surface area contributed by atoms with Crippen LogP contribution in [0.4, 0.5) is 19.3 Å². The maximum Gasteiger partial charge on any atom is 0.410 e. The third-order valence-corrected chi connectivity index (χ3v) is 5.46. The number of benzene rings is 1. The van der Waals surface area contributed by atoms with Crippen molar-refractivity contribution in [2.45, 2.75) is 58.7 Å². The minimum absolute atomic E-state index is 0.0562. The summed E-state index contributed by atoms with van der Waals surface area (Å²) in [7, 11) is 0. The Morgan fingerprint density at radius 2 is 1.71 bits per heavy atom. The molecule has 0 N–H and O–H groups in total. The maximum atomic E-state index is 14.4. The van der Waals surface area contributed by atoms with Gasteiger partial charge in [-0.3, -0.25) is 4.79 Å². The van der Waals surface area contributed by atoms with Gasteiger partial charge in [-0.25, -0.2) is 13.6 Å². The zero-order valence-electron chi connectivity index (χ0n) is 18.2. The molecule has 0 unspecified atom stereocenters. The molecule has 1 amide bonds. The van der Waals surface area contributed by atoms with Gasteiger partial charge in [0.05, 0.1) is 23.1 Å². The monoisotopic (exact) mass is 437 g/mol. The van der Waals surface area contributed by atoms with Crippen LogP contribution in [0.1, 0.15) is 56.8 Å². The molecular weight excluding hydrogens is 408 g/mol. The van der Waals surface area contributed by atoms with E-state index in [1.54, 1.807) is 9.80 Å². The highest BCUT2D eigenvalue weighted by molar-refractivity contribution is 5.94. The standard InChI is InChI=1S/C22H29F2N3O4/c1-14(2)30-22(29)27-10-6-17(7-11-27)31-25-16-4-8-26(9-5-16)21-13-19(23)18(15(3)28)12-20(21)24/h12-14,17H,4-11H2,1-3H3. The average Bonchev–Trinajstić information content (AvgIpc) is 2.73. The van der Waals surface area contributed by atoms with Gasteiger partial charge in [-0.1, -0.05) is 5.16 Å². The van der Waals surface area contributed by atoms with Crippen LogP contribution >= 0.6 is 0 Å². The molecule has 0 spiro atoms. The fourth-order valence-corrected chi connectivity index (χ4v) is 3.71. The van der Waals surface area contributed by atoms with Crippen molar-refractivity contribution >= 4 is 23.3 Å². The number of anilines is 1. The van der Waals surface area contributed by atoms with E-state index in [2.05, 4.69) is 5.16 Å². The van der Waals surface area contributed by atoms with Crippen molar-refractivity contribution in [3.8, 4) is 0 Å². The Hall–Kier alpha value is -2.71. The highest BCUT2D eigenvalue weighted by Gasteiger charge is 2.26. The molecule has 0 radical (unpaired) electrons. The number of amides is 1. The normalized spacial score (nSPS) is 17.7. The van der Waals surface area contributed by atoms with Crippen LogP contribution in [0.2, 0.25) is 0 Å². The predicted molar refractivity (Wildman–Crippen MR) is 113 cm³/mol. The van der Waals surface area contributed by atoms with Gasteiger partial charge in [0, 0.05) is 57.9 Å². The highest BCUT2D eigenvalue weighted by atomic mass is 19.1. The van der Waals surface area contributed by atoms with Crippen molar-refractivity contribution < 1.29 is 27.9 Å². The summed E-state index contributed by atoms with van der Waals surface area (Å²) in [4.78, 5) is 32.4. The lowest BCUT2D eigenvalue weighted by molar-refractivity contribution is 0.00415. The number of halogens is 2. The Bertz CT molecular complexity index is 841. The summed E-state index contributed by atoms with van der Waals surface area (Å²) < 4.78 is 33.7. The minimum Gasteiger partial charge on any atom is -0.447 e. The lowest BCUT2D eigenvalue weighted by Gasteiger charge is -2.32. The number of rotatable bonds is 5. The lowest BCUT2D eigenvalue weighted by atomic mass is 10.1. The van der Waals surface area contributed by atoms with Crippen molar-refractivity contribution in [3.63, 3.8) is 0 Å². The Balaban J connectivity index is 1.48. The topological polar surface area (TPSA) is 71.4 Å². The van der Waals surface area contributed by atoms with E-state index < -0.39 is 17.4 Å². The van der Waals surface area contributed by atoms with Crippen molar-refractivity contribution in [2.24, 2.45) is 5.16 Å². The number of carbonyl (C=O) groups is 2. The number of piperidine rings is 2. The molecule has 2 aliphatic rings. The van der Waals surface area contributed by atoms with Crippen molar-refractivity contribution in [1.82, 2.24) is 4.90 Å². The molecule has 31 heavy (non-hydrogen) atoms. The van der Waals surface area contributed by atoms with Crippen LogP contribution in [0, 0.1) is 11.6 Å². The van der Waals surface area contributed by atoms with E-state index in [0.717, 1.165) is 17.8 Å². The zero-order chi connectivity index (χ0) is 22.5. The van der Waals surface area contributed by atoms with Crippen molar-refractivity contribution in [3.05, 3.63) is 29.3 Å². The van der Waals surface area contributed by atoms with Crippen LogP contribution in [0.5, 0.6) is 0 Å². The summed E-state index contributed by atoms with van der Waals surface area (Å²) in [6.07, 6.45) is 2.03. The molecule has 2 saturated heterocycles. The molecule has 3 rings (SSSR count). The highest BCUT2D eigenvalue weighted by Crippen LogP contribution is 2.26. The number of Topliss-reactive ketones (excluding diaryl/α,β-unsaturated/α-hetero) is 1. The number of likely N-dealkylation sites (tertiary alicyclic amines) is 1. The fraction of sp³-hybridized carbons (Fsp3) is 0.591. The molecule has 0 saturated carbocycles. The summed E-state index contributed by atoms with van der Waals surface area (Å²) in [6.45, 7) is 6.95. The van der Waals surface area contributed by atoms with Crippen LogP contribution in [0.3, 0.4) is 0 Å². The third-order valence-electron chi connectivity index (χ3n) is 5.46. The SMILES string of the molecule is CC(=O)c1cc(F)c(N2CCC(=NOC3CCN(C(=O)OC(C)C)CC3)CC2)cc1F. The van der Waals surface area contributed by atoms with Gasteiger partial charge in [-0.2, -0.15) is 0 Å². The fourth-order valence-electron chi connectivity index (χ4n) is 3.71. The van der Waals surface area contributed by atoms with Gasteiger partial charge in [0.1, 0.15) is 17.7 Å². The van der Waals surface area contributed by atoms with E-state index >= 15 is 0 Å². The molecule has 0 bridgehead atoms. The molecule has 2 heterocycles. The van der Waals surface area contributed by atoms with E-state index in [4.69, 9.17) is 9.57 Å². The van der Waals surface area contributed by atoms with Crippen LogP contribution in [-0.2, 0) is 9.57 Å². The maximum absolute atomic E-state index is 14.4. The number of carbonyl (C=O) groups excluding carboxylic acids is 2. The van der Waals surface area contributed by atoms with Crippen LogP contribution in [0.15, 0.2) is 17.3 Å². The summed E-state index contributed by atoms with van der Waals surface area (Å²) in [5, 5.41) is 4.27. The number of ether oxygens (including phenoxy) is 1. The number of hydrogen-bond donors (Lipinski definition) is 0. The summed E-state index contributed by atoms with van der Waals surface area (Å²) in [5.41, 5.74) is 0.791. The summed E-state index contributed by atoms with van der Waals surface area (Å²) in [5.74, 6) is -1.82. The predicted octanol–water partition coefficient (Wildman–Crippen LogP) is 4.15. The smallest absolute Gasteiger partial charge is 0.410 e. The molecule has 2 aliphatic heterocycles. The van der Waals surface area contributed by atoms with Crippen LogP contribution in [0.25, 0.3) is 0 Å². The first kappa shape index (κ1) is 23.0. The number of ketones is 1. The number of oxime groups is 1. The van der Waals surface area contributed by atoms with Gasteiger partial charge >= 0.3 is 6.09 Å². The van der Waals surface area contributed by atoms with E-state index in [-0.39, 0.29) is 29.6 Å². The Labute approximate surface area is 181 Å². The molecular formula is C22H29F2N3O4. The van der Waals surface area contributed by atoms with Gasteiger partial charge in [-0.05, 0) is 26.8 Å². The molecule has 1 aromatic carbocycles. The van der Waals surface area contributed by atoms with E-state index in [1.165, 1.54) is 6.92 Å². The lowest BCUT2D eigenvalue weighted by Crippen LogP contribution is -2.41. The zero-order valence-corrected chi connectivity index (χ0v) is 18.2.